The van der Waals surface area contributed by atoms with Gasteiger partial charge in [-0.05, 0) is 53.9 Å². The molecule has 0 unspecified atom stereocenters. The van der Waals surface area contributed by atoms with Gasteiger partial charge >= 0.3 is 0 Å². The zero-order chi connectivity index (χ0) is 23.1. The molecular weight excluding hydrogens is 414 g/mol. The second-order valence-electron chi connectivity index (χ2n) is 8.45. The molecule has 0 amide bonds. The van der Waals surface area contributed by atoms with Gasteiger partial charge in [-0.15, -0.1) is 0 Å². The number of aryl methyl sites for hydroxylation is 1. The predicted octanol–water partition coefficient (Wildman–Crippen LogP) is 7.69. The van der Waals surface area contributed by atoms with E-state index in [1.165, 1.54) is 27.4 Å². The number of hydrogen-bond acceptors (Lipinski definition) is 2. The molecule has 34 heavy (non-hydrogen) atoms. The van der Waals surface area contributed by atoms with Gasteiger partial charge in [0.15, 0.2) is 0 Å². The van der Waals surface area contributed by atoms with Gasteiger partial charge in [0.2, 0.25) is 0 Å². The first-order chi connectivity index (χ1) is 16.8. The van der Waals surface area contributed by atoms with Crippen LogP contribution in [0.25, 0.3) is 49.7 Å². The Hall–Kier alpha value is -4.68. The Morgan fingerprint density at radius 3 is 2.21 bits per heavy atom. The van der Waals surface area contributed by atoms with Crippen LogP contribution >= 0.6 is 0 Å². The van der Waals surface area contributed by atoms with Gasteiger partial charge in [0, 0.05) is 40.0 Å². The number of pyridine rings is 1. The lowest BCUT2D eigenvalue weighted by atomic mass is 9.97. The molecule has 0 spiro atoms. The Balaban J connectivity index is 1.76. The highest BCUT2D eigenvalue weighted by Gasteiger charge is 2.19. The van der Waals surface area contributed by atoms with E-state index < -0.39 is 0 Å². The van der Waals surface area contributed by atoms with Gasteiger partial charge in [-0.3, -0.25) is 4.98 Å². The Bertz CT molecular complexity index is 1710. The van der Waals surface area contributed by atoms with E-state index in [9.17, 15) is 5.26 Å². The Morgan fingerprint density at radius 1 is 0.706 bits per heavy atom. The van der Waals surface area contributed by atoms with Gasteiger partial charge < -0.3 is 4.57 Å². The molecule has 3 heteroatoms. The van der Waals surface area contributed by atoms with E-state index in [0.29, 0.717) is 5.56 Å². The van der Waals surface area contributed by atoms with Crippen LogP contribution in [0.4, 0.5) is 0 Å². The molecule has 0 radical (unpaired) electrons. The Morgan fingerprint density at radius 2 is 1.41 bits per heavy atom. The number of para-hydroxylation sites is 2. The van der Waals surface area contributed by atoms with Crippen molar-refractivity contribution in [2.24, 2.45) is 0 Å². The minimum Gasteiger partial charge on any atom is -0.308 e. The molecule has 2 aromatic heterocycles. The van der Waals surface area contributed by atoms with E-state index in [4.69, 9.17) is 0 Å². The fourth-order valence-electron chi connectivity index (χ4n) is 4.92. The van der Waals surface area contributed by atoms with Crippen molar-refractivity contribution >= 4 is 21.8 Å². The van der Waals surface area contributed by atoms with Crippen LogP contribution in [0.1, 0.15) is 11.1 Å². The average molecular weight is 436 g/mol. The van der Waals surface area contributed by atoms with E-state index >= 15 is 0 Å². The third-order valence-corrected chi connectivity index (χ3v) is 6.47. The number of nitriles is 1. The van der Waals surface area contributed by atoms with Crippen molar-refractivity contribution in [1.82, 2.24) is 9.55 Å². The molecule has 0 aliphatic carbocycles. The van der Waals surface area contributed by atoms with Crippen LogP contribution in [0, 0.1) is 18.3 Å². The molecule has 0 saturated heterocycles. The van der Waals surface area contributed by atoms with Crippen LogP contribution in [0.3, 0.4) is 0 Å². The molecule has 6 rings (SSSR count). The molecule has 0 atom stereocenters. The lowest BCUT2D eigenvalue weighted by Gasteiger charge is -2.16. The summed E-state index contributed by atoms with van der Waals surface area (Å²) in [6.45, 7) is 2.08. The molecule has 160 valence electrons. The van der Waals surface area contributed by atoms with Crippen LogP contribution in [0.5, 0.6) is 0 Å². The first kappa shape index (κ1) is 20.0. The zero-order valence-corrected chi connectivity index (χ0v) is 18.7. The van der Waals surface area contributed by atoms with Crippen LogP contribution in [-0.2, 0) is 0 Å². The summed E-state index contributed by atoms with van der Waals surface area (Å²) < 4.78 is 2.36. The summed E-state index contributed by atoms with van der Waals surface area (Å²) in [5.74, 6) is 0. The van der Waals surface area contributed by atoms with Crippen molar-refractivity contribution in [3.63, 3.8) is 0 Å². The Labute approximate surface area is 198 Å². The number of rotatable bonds is 3. The van der Waals surface area contributed by atoms with E-state index in [0.717, 1.165) is 27.9 Å². The van der Waals surface area contributed by atoms with Crippen LogP contribution < -0.4 is 0 Å². The second kappa shape index (κ2) is 8.03. The third-order valence-electron chi connectivity index (χ3n) is 6.47. The second-order valence-corrected chi connectivity index (χ2v) is 8.45. The van der Waals surface area contributed by atoms with E-state index in [-0.39, 0.29) is 0 Å². The number of nitrogens with zero attached hydrogens (tertiary/aromatic N) is 3. The number of hydrogen-bond donors (Lipinski definition) is 0. The Kier molecular flexibility index (Phi) is 4.71. The molecular formula is C31H21N3. The van der Waals surface area contributed by atoms with Crippen molar-refractivity contribution in [3.05, 3.63) is 121 Å². The summed E-state index contributed by atoms with van der Waals surface area (Å²) in [7, 11) is 0. The molecule has 0 aliphatic heterocycles. The van der Waals surface area contributed by atoms with Crippen molar-refractivity contribution in [1.29, 1.82) is 5.26 Å². The largest absolute Gasteiger partial charge is 0.308 e. The highest BCUT2D eigenvalue weighted by molar-refractivity contribution is 6.13. The first-order valence-corrected chi connectivity index (χ1v) is 11.3. The highest BCUT2D eigenvalue weighted by Crippen LogP contribution is 2.39. The van der Waals surface area contributed by atoms with Crippen LogP contribution in [0.15, 0.2) is 109 Å². The SMILES string of the molecule is Cc1cc(C#N)c(-c2ccncc2)cc1-n1c2ccccc2c2cccc(-c3ccccc3)c21. The summed E-state index contributed by atoms with van der Waals surface area (Å²) in [4.78, 5) is 4.16. The molecule has 3 nitrogen and oxygen atoms in total. The average Bonchev–Trinajstić information content (AvgIpc) is 3.24. The van der Waals surface area contributed by atoms with Gasteiger partial charge in [0.05, 0.1) is 22.7 Å². The predicted molar refractivity (Wildman–Crippen MR) is 139 cm³/mol. The standard InChI is InChI=1S/C31H21N3/c1-21-18-24(20-32)28(23-14-16-33-17-15-23)19-30(21)34-29-13-6-5-10-26(29)27-12-7-11-25(31(27)34)22-8-3-2-4-9-22/h2-19H,1H3. The molecule has 0 N–H and O–H groups in total. The summed E-state index contributed by atoms with van der Waals surface area (Å²) in [5, 5.41) is 12.3. The summed E-state index contributed by atoms with van der Waals surface area (Å²) in [5.41, 5.74) is 9.36. The molecule has 0 bridgehead atoms. The molecule has 4 aromatic carbocycles. The minimum atomic E-state index is 0.663. The molecule has 6 aromatic rings. The van der Waals surface area contributed by atoms with Crippen LogP contribution in [0.2, 0.25) is 0 Å². The van der Waals surface area contributed by atoms with Gasteiger partial charge in [0.25, 0.3) is 0 Å². The number of benzene rings is 4. The summed E-state index contributed by atoms with van der Waals surface area (Å²) in [6.07, 6.45) is 3.54. The van der Waals surface area contributed by atoms with Crippen LogP contribution in [-0.4, -0.2) is 9.55 Å². The molecule has 0 fully saturated rings. The maximum absolute atomic E-state index is 9.89. The maximum Gasteiger partial charge on any atom is 0.0998 e. The number of aromatic nitrogens is 2. The number of fused-ring (bicyclic) bond motifs is 3. The zero-order valence-electron chi connectivity index (χ0n) is 18.7. The quantitative estimate of drug-likeness (QED) is 0.286. The van der Waals surface area contributed by atoms with Gasteiger partial charge in [-0.2, -0.15) is 5.26 Å². The van der Waals surface area contributed by atoms with Crippen molar-refractivity contribution in [3.8, 4) is 34.0 Å². The van der Waals surface area contributed by atoms with E-state index in [2.05, 4.69) is 95.3 Å². The van der Waals surface area contributed by atoms with E-state index in [1.807, 2.05) is 24.3 Å². The molecule has 0 aliphatic rings. The minimum absolute atomic E-state index is 0.663. The lowest BCUT2D eigenvalue weighted by Crippen LogP contribution is -2.00. The molecule has 0 saturated carbocycles. The third kappa shape index (κ3) is 3.09. The fourth-order valence-corrected chi connectivity index (χ4v) is 4.92. The van der Waals surface area contributed by atoms with Gasteiger partial charge in [-0.1, -0.05) is 66.7 Å². The smallest absolute Gasteiger partial charge is 0.0998 e. The van der Waals surface area contributed by atoms with Gasteiger partial charge in [-0.25, -0.2) is 0 Å². The van der Waals surface area contributed by atoms with Crippen molar-refractivity contribution < 1.29 is 0 Å². The van der Waals surface area contributed by atoms with Crippen molar-refractivity contribution in [2.45, 2.75) is 6.92 Å². The maximum atomic E-state index is 9.89. The monoisotopic (exact) mass is 435 g/mol. The lowest BCUT2D eigenvalue weighted by molar-refractivity contribution is 1.15. The summed E-state index contributed by atoms with van der Waals surface area (Å²) >= 11 is 0. The summed E-state index contributed by atoms with van der Waals surface area (Å²) in [6, 6.07) is 36.0. The highest BCUT2D eigenvalue weighted by atomic mass is 15.0. The topological polar surface area (TPSA) is 41.6 Å². The normalized spacial score (nSPS) is 11.1. The fraction of sp³-hybridized carbons (Fsp3) is 0.0323. The van der Waals surface area contributed by atoms with Gasteiger partial charge in [0.1, 0.15) is 0 Å². The van der Waals surface area contributed by atoms with E-state index in [1.54, 1.807) is 12.4 Å². The first-order valence-electron chi connectivity index (χ1n) is 11.3. The van der Waals surface area contributed by atoms with Crippen molar-refractivity contribution in [2.75, 3.05) is 0 Å². The molecule has 2 heterocycles.